The second-order valence-electron chi connectivity index (χ2n) is 8.54. The van der Waals surface area contributed by atoms with Crippen LogP contribution in [0.2, 0.25) is 0 Å². The minimum absolute atomic E-state index is 0.495. The van der Waals surface area contributed by atoms with E-state index in [1.807, 2.05) is 6.92 Å². The number of pyridine rings is 1. The lowest BCUT2D eigenvalue weighted by atomic mass is 10.0. The Morgan fingerprint density at radius 1 is 1.03 bits per heavy atom. The van der Waals surface area contributed by atoms with Crippen LogP contribution in [-0.4, -0.2) is 53.5 Å². The summed E-state index contributed by atoms with van der Waals surface area (Å²) in [5.74, 6) is 2.12. The number of anilines is 1. The fraction of sp³-hybridized carbons (Fsp3) is 0.522. The fourth-order valence-electron chi connectivity index (χ4n) is 4.55. The molecule has 3 aromatic rings. The van der Waals surface area contributed by atoms with Crippen LogP contribution in [0.15, 0.2) is 28.8 Å². The summed E-state index contributed by atoms with van der Waals surface area (Å²) in [6.45, 7) is 7.59. The molecule has 1 N–H and O–H groups in total. The van der Waals surface area contributed by atoms with E-state index >= 15 is 0 Å². The summed E-state index contributed by atoms with van der Waals surface area (Å²) < 4.78 is 11.2. The Morgan fingerprint density at radius 2 is 1.90 bits per heavy atom. The molecule has 0 radical (unpaired) electrons. The maximum absolute atomic E-state index is 5.62. The van der Waals surface area contributed by atoms with Crippen molar-refractivity contribution in [3.63, 3.8) is 0 Å². The third-order valence-corrected chi connectivity index (χ3v) is 6.13. The molecule has 7 heteroatoms. The summed E-state index contributed by atoms with van der Waals surface area (Å²) in [5, 5.41) is 8.90. The van der Waals surface area contributed by atoms with Crippen LogP contribution >= 0.6 is 0 Å². The zero-order valence-corrected chi connectivity index (χ0v) is 17.7. The molecule has 0 saturated carbocycles. The number of nitrogens with one attached hydrogen (secondary N) is 1. The van der Waals surface area contributed by atoms with E-state index in [2.05, 4.69) is 51.5 Å². The van der Waals surface area contributed by atoms with Crippen LogP contribution in [0.4, 0.5) is 5.82 Å². The third-order valence-electron chi connectivity index (χ3n) is 6.13. The maximum atomic E-state index is 5.62. The Kier molecular flexibility index (Phi) is 5.39. The summed E-state index contributed by atoms with van der Waals surface area (Å²) in [7, 11) is 0. The lowest BCUT2D eigenvalue weighted by Crippen LogP contribution is -2.48. The first-order valence-electron chi connectivity index (χ1n) is 11.0. The Morgan fingerprint density at radius 3 is 2.63 bits per heavy atom. The Bertz CT molecular complexity index is 1020. The molecular formula is C23H29N5O2. The number of rotatable bonds is 4. The predicted octanol–water partition coefficient (Wildman–Crippen LogP) is 3.64. The van der Waals surface area contributed by atoms with E-state index in [1.165, 1.54) is 12.0 Å². The predicted molar refractivity (Wildman–Crippen MR) is 117 cm³/mol. The number of ether oxygens (including phenoxy) is 1. The second kappa shape index (κ2) is 8.32. The first kappa shape index (κ1) is 19.5. The molecule has 7 nitrogen and oxygen atoms in total. The van der Waals surface area contributed by atoms with Crippen molar-refractivity contribution in [3.8, 4) is 11.5 Å². The number of aryl methyl sites for hydroxylation is 2. The van der Waals surface area contributed by atoms with Gasteiger partial charge in [-0.1, -0.05) is 16.8 Å². The Labute approximate surface area is 176 Å². The van der Waals surface area contributed by atoms with Gasteiger partial charge in [0.2, 0.25) is 0 Å². The van der Waals surface area contributed by atoms with Crippen LogP contribution < -0.4 is 10.2 Å². The molecule has 0 aliphatic carbocycles. The minimum Gasteiger partial charge on any atom is -0.380 e. The monoisotopic (exact) mass is 407 g/mol. The number of fused-ring (bicyclic) bond motifs is 1. The summed E-state index contributed by atoms with van der Waals surface area (Å²) in [6.07, 6.45) is 4.55. The first-order chi connectivity index (χ1) is 14.7. The van der Waals surface area contributed by atoms with Crippen molar-refractivity contribution in [1.82, 2.24) is 20.4 Å². The molecule has 2 saturated heterocycles. The molecule has 2 aliphatic rings. The molecular weight excluding hydrogens is 378 g/mol. The van der Waals surface area contributed by atoms with Crippen molar-refractivity contribution in [3.05, 3.63) is 35.7 Å². The lowest BCUT2D eigenvalue weighted by molar-refractivity contribution is 0.0650. The van der Waals surface area contributed by atoms with Crippen LogP contribution in [0.3, 0.4) is 0 Å². The highest BCUT2D eigenvalue weighted by atomic mass is 16.5. The molecule has 30 heavy (non-hydrogen) atoms. The van der Waals surface area contributed by atoms with Gasteiger partial charge in [-0.05, 0) is 57.7 Å². The van der Waals surface area contributed by atoms with Crippen molar-refractivity contribution in [2.24, 2.45) is 0 Å². The van der Waals surface area contributed by atoms with Crippen LogP contribution in [0, 0.1) is 13.8 Å². The van der Waals surface area contributed by atoms with E-state index in [1.54, 1.807) is 0 Å². The van der Waals surface area contributed by atoms with Crippen LogP contribution in [0.5, 0.6) is 0 Å². The van der Waals surface area contributed by atoms with Gasteiger partial charge in [0, 0.05) is 37.2 Å². The quantitative estimate of drug-likeness (QED) is 0.707. The molecule has 1 atom stereocenters. The summed E-state index contributed by atoms with van der Waals surface area (Å²) in [6, 6.07) is 9.52. The molecule has 0 amide bonds. The van der Waals surface area contributed by atoms with Gasteiger partial charge < -0.3 is 19.5 Å². The number of nitrogens with zero attached hydrogens (tertiary/aromatic N) is 4. The van der Waals surface area contributed by atoms with Gasteiger partial charge in [-0.3, -0.25) is 0 Å². The highest BCUT2D eigenvalue weighted by Gasteiger charge is 2.26. The van der Waals surface area contributed by atoms with E-state index in [-0.39, 0.29) is 0 Å². The molecule has 1 unspecified atom stereocenters. The van der Waals surface area contributed by atoms with Gasteiger partial charge in [0.05, 0.1) is 17.7 Å². The average Bonchev–Trinajstić information content (AvgIpc) is 3.20. The second-order valence-corrected chi connectivity index (χ2v) is 8.54. The van der Waals surface area contributed by atoms with Crippen LogP contribution in [-0.2, 0) is 4.74 Å². The number of benzene rings is 1. The van der Waals surface area contributed by atoms with Crippen molar-refractivity contribution in [2.45, 2.75) is 51.6 Å². The van der Waals surface area contributed by atoms with Crippen LogP contribution in [0.25, 0.3) is 22.4 Å². The normalized spacial score (nSPS) is 20.7. The molecule has 158 valence electrons. The minimum atomic E-state index is 0.495. The molecule has 0 bridgehead atoms. The van der Waals surface area contributed by atoms with Gasteiger partial charge in [-0.15, -0.1) is 0 Å². The molecule has 0 spiro atoms. The standard InChI is InChI=1S/C23H29N5O2/c1-15-5-6-21-17(12-15)13-20(23-24-16(2)27-30-23)22(26-21)28-9-7-18(8-10-28)25-19-4-3-11-29-14-19/h5-6,12-13,18-19,25H,3-4,7-11,14H2,1-2H3. The molecule has 4 heterocycles. The van der Waals surface area contributed by atoms with Gasteiger partial charge in [0.15, 0.2) is 5.82 Å². The van der Waals surface area contributed by atoms with E-state index in [0.29, 0.717) is 23.8 Å². The largest absolute Gasteiger partial charge is 0.380 e. The summed E-state index contributed by atoms with van der Waals surface area (Å²) in [5.41, 5.74) is 3.12. The maximum Gasteiger partial charge on any atom is 0.261 e. The van der Waals surface area contributed by atoms with Crippen molar-refractivity contribution in [1.29, 1.82) is 0 Å². The molecule has 1 aromatic carbocycles. The van der Waals surface area contributed by atoms with Crippen molar-refractivity contribution < 1.29 is 9.26 Å². The van der Waals surface area contributed by atoms with E-state index in [4.69, 9.17) is 14.2 Å². The van der Waals surface area contributed by atoms with Gasteiger partial charge in [0.25, 0.3) is 5.89 Å². The SMILES string of the molecule is Cc1ccc2nc(N3CCC(NC4CCCOC4)CC3)c(-c3nc(C)no3)cc2c1. The van der Waals surface area contributed by atoms with Crippen molar-refractivity contribution >= 4 is 16.7 Å². The van der Waals surface area contributed by atoms with Gasteiger partial charge in [-0.2, -0.15) is 4.98 Å². The fourth-order valence-corrected chi connectivity index (χ4v) is 4.55. The Hall–Kier alpha value is -2.51. The molecule has 2 aliphatic heterocycles. The number of hydrogen-bond donors (Lipinski definition) is 1. The number of aromatic nitrogens is 3. The molecule has 2 aromatic heterocycles. The van der Waals surface area contributed by atoms with E-state index < -0.39 is 0 Å². The zero-order valence-electron chi connectivity index (χ0n) is 17.7. The van der Waals surface area contributed by atoms with Gasteiger partial charge >= 0.3 is 0 Å². The van der Waals surface area contributed by atoms with Crippen LogP contribution in [0.1, 0.15) is 37.1 Å². The topological polar surface area (TPSA) is 76.3 Å². The van der Waals surface area contributed by atoms with Gasteiger partial charge in [-0.25, -0.2) is 4.98 Å². The number of hydrogen-bond acceptors (Lipinski definition) is 7. The highest BCUT2D eigenvalue weighted by molar-refractivity contribution is 5.88. The smallest absolute Gasteiger partial charge is 0.261 e. The average molecular weight is 408 g/mol. The molecule has 5 rings (SSSR count). The lowest BCUT2D eigenvalue weighted by Gasteiger charge is -2.36. The number of piperidine rings is 1. The summed E-state index contributed by atoms with van der Waals surface area (Å²) >= 11 is 0. The third kappa shape index (κ3) is 4.04. The first-order valence-corrected chi connectivity index (χ1v) is 11.0. The van der Waals surface area contributed by atoms with E-state index in [9.17, 15) is 0 Å². The summed E-state index contributed by atoms with van der Waals surface area (Å²) in [4.78, 5) is 11.9. The van der Waals surface area contributed by atoms with Gasteiger partial charge in [0.1, 0.15) is 5.82 Å². The zero-order chi connectivity index (χ0) is 20.5. The van der Waals surface area contributed by atoms with Crippen molar-refractivity contribution in [2.75, 3.05) is 31.2 Å². The van der Waals surface area contributed by atoms with E-state index in [0.717, 1.165) is 67.8 Å². The highest BCUT2D eigenvalue weighted by Crippen LogP contribution is 2.33. The molecule has 2 fully saturated rings. The Balaban J connectivity index is 1.40.